The summed E-state index contributed by atoms with van der Waals surface area (Å²) in [5.74, 6) is 0.770. The van der Waals surface area contributed by atoms with Crippen LogP contribution in [-0.4, -0.2) is 32.6 Å². The van der Waals surface area contributed by atoms with Crippen LogP contribution in [0.3, 0.4) is 0 Å². The molecule has 2 heterocycles. The van der Waals surface area contributed by atoms with Gasteiger partial charge in [0, 0.05) is 12.0 Å². The fourth-order valence-electron chi connectivity index (χ4n) is 5.26. The largest absolute Gasteiger partial charge is 0.487 e. The van der Waals surface area contributed by atoms with E-state index in [0.717, 1.165) is 35.3 Å². The van der Waals surface area contributed by atoms with Crippen molar-refractivity contribution in [2.24, 2.45) is 0 Å². The number of nitrogens with zero attached hydrogens (tertiary/aromatic N) is 1. The lowest BCUT2D eigenvalue weighted by Crippen LogP contribution is -2.52. The van der Waals surface area contributed by atoms with Gasteiger partial charge >= 0.3 is 0 Å². The van der Waals surface area contributed by atoms with Crippen molar-refractivity contribution >= 4 is 21.6 Å². The third-order valence-corrected chi connectivity index (χ3v) is 9.48. The van der Waals surface area contributed by atoms with Gasteiger partial charge in [-0.15, -0.1) is 0 Å². The third-order valence-electron chi connectivity index (χ3n) is 7.69. The number of sulfonamides is 1. The minimum Gasteiger partial charge on any atom is -0.487 e. The van der Waals surface area contributed by atoms with Crippen molar-refractivity contribution in [3.63, 3.8) is 0 Å². The number of benzene rings is 3. The Balaban J connectivity index is 1.47. The Hall–Kier alpha value is -3.52. The second-order valence-electron chi connectivity index (χ2n) is 10.2. The van der Waals surface area contributed by atoms with Crippen molar-refractivity contribution in [1.82, 2.24) is 5.32 Å². The molecule has 0 saturated carbocycles. The molecule has 1 N–H and O–H groups in total. The molecule has 5 rings (SSSR count). The molecule has 0 aliphatic carbocycles. The molecule has 0 saturated heterocycles. The summed E-state index contributed by atoms with van der Waals surface area (Å²) in [4.78, 5) is 13.9. The second kappa shape index (κ2) is 9.98. The first-order valence-corrected chi connectivity index (χ1v) is 14.5. The van der Waals surface area contributed by atoms with Crippen molar-refractivity contribution in [3.05, 3.63) is 83.4 Å². The van der Waals surface area contributed by atoms with Crippen molar-refractivity contribution < 1.29 is 22.7 Å². The summed E-state index contributed by atoms with van der Waals surface area (Å²) < 4.78 is 41.4. The van der Waals surface area contributed by atoms with E-state index in [2.05, 4.69) is 19.2 Å². The Morgan fingerprint density at radius 1 is 0.974 bits per heavy atom. The van der Waals surface area contributed by atoms with E-state index >= 15 is 0 Å². The Labute approximate surface area is 224 Å². The zero-order valence-corrected chi connectivity index (χ0v) is 23.0. The second-order valence-corrected chi connectivity index (χ2v) is 12.1. The average molecular weight is 535 g/mol. The van der Waals surface area contributed by atoms with E-state index in [0.29, 0.717) is 17.9 Å². The smallest absolute Gasteiger partial charge is 0.264 e. The van der Waals surface area contributed by atoms with E-state index < -0.39 is 16.1 Å². The van der Waals surface area contributed by atoms with Crippen LogP contribution in [0.2, 0.25) is 0 Å². The number of para-hydroxylation sites is 1. The summed E-state index contributed by atoms with van der Waals surface area (Å²) in [5, 5.41) is 3.16. The summed E-state index contributed by atoms with van der Waals surface area (Å²) in [5.41, 5.74) is 2.82. The van der Waals surface area contributed by atoms with E-state index in [9.17, 15) is 13.2 Å². The highest BCUT2D eigenvalue weighted by Gasteiger charge is 2.42. The molecule has 2 atom stereocenters. The van der Waals surface area contributed by atoms with Crippen LogP contribution < -0.4 is 19.1 Å². The normalized spacial score (nSPS) is 19.9. The summed E-state index contributed by atoms with van der Waals surface area (Å²) in [7, 11) is -3.93. The van der Waals surface area contributed by atoms with Crippen LogP contribution in [0.1, 0.15) is 55.8 Å². The Bertz CT molecular complexity index is 1450. The first-order valence-electron chi connectivity index (χ1n) is 13.1. The number of aryl methyl sites for hydroxylation is 2. The highest BCUT2D eigenvalue weighted by atomic mass is 32.2. The highest BCUT2D eigenvalue weighted by molar-refractivity contribution is 7.92. The molecule has 0 bridgehead atoms. The van der Waals surface area contributed by atoms with E-state index in [-0.39, 0.29) is 29.0 Å². The van der Waals surface area contributed by atoms with Gasteiger partial charge in [0.05, 0.1) is 23.2 Å². The first kappa shape index (κ1) is 26.1. The molecule has 1 amide bonds. The molecule has 3 aromatic carbocycles. The molecular formula is C30H34N2O5S. The first-order chi connectivity index (χ1) is 18.2. The Morgan fingerprint density at radius 3 is 2.37 bits per heavy atom. The van der Waals surface area contributed by atoms with Gasteiger partial charge in [0.1, 0.15) is 17.1 Å². The van der Waals surface area contributed by atoms with Crippen molar-refractivity contribution in [2.75, 3.05) is 10.8 Å². The van der Waals surface area contributed by atoms with Crippen LogP contribution in [0.4, 0.5) is 5.69 Å². The predicted octanol–water partition coefficient (Wildman–Crippen LogP) is 5.46. The van der Waals surface area contributed by atoms with Gasteiger partial charge in [-0.25, -0.2) is 8.42 Å². The minimum atomic E-state index is -3.93. The van der Waals surface area contributed by atoms with Gasteiger partial charge < -0.3 is 14.8 Å². The fourth-order valence-corrected chi connectivity index (χ4v) is 6.73. The fraction of sp³-hybridized carbons (Fsp3) is 0.367. The molecule has 7 nitrogen and oxygen atoms in total. The topological polar surface area (TPSA) is 84.9 Å². The number of hydrogen-bond acceptors (Lipinski definition) is 5. The molecule has 0 unspecified atom stereocenters. The van der Waals surface area contributed by atoms with Gasteiger partial charge in [0.25, 0.3) is 15.9 Å². The number of carbonyl (C=O) groups is 1. The number of anilines is 1. The zero-order valence-electron chi connectivity index (χ0n) is 22.2. The molecule has 2 aliphatic heterocycles. The molecular weight excluding hydrogens is 500 g/mol. The molecule has 2 aliphatic rings. The van der Waals surface area contributed by atoms with Crippen LogP contribution in [-0.2, 0) is 14.8 Å². The van der Waals surface area contributed by atoms with Crippen LogP contribution in [0.25, 0.3) is 0 Å². The van der Waals surface area contributed by atoms with Crippen molar-refractivity contribution in [1.29, 1.82) is 0 Å². The van der Waals surface area contributed by atoms with Gasteiger partial charge in [0.15, 0.2) is 6.10 Å². The van der Waals surface area contributed by atoms with Crippen LogP contribution >= 0.6 is 0 Å². The van der Waals surface area contributed by atoms with E-state index in [1.165, 1.54) is 4.31 Å². The molecule has 38 heavy (non-hydrogen) atoms. The number of hydrogen-bond donors (Lipinski definition) is 1. The summed E-state index contributed by atoms with van der Waals surface area (Å²) in [6.07, 6.45) is 1.22. The van der Waals surface area contributed by atoms with Crippen molar-refractivity contribution in [2.45, 2.75) is 69.6 Å². The molecule has 8 heteroatoms. The Morgan fingerprint density at radius 2 is 1.66 bits per heavy atom. The summed E-state index contributed by atoms with van der Waals surface area (Å²) in [6, 6.07) is 19.6. The maximum Gasteiger partial charge on any atom is 0.264 e. The number of rotatable bonds is 6. The molecule has 200 valence electrons. The molecule has 0 radical (unpaired) electrons. The van der Waals surface area contributed by atoms with Gasteiger partial charge in [-0.1, -0.05) is 55.8 Å². The average Bonchev–Trinajstić information content (AvgIpc) is 2.92. The molecule has 0 spiro atoms. The highest BCUT2D eigenvalue weighted by Crippen LogP contribution is 2.43. The Kier molecular flexibility index (Phi) is 6.86. The van der Waals surface area contributed by atoms with Crippen molar-refractivity contribution in [3.8, 4) is 11.5 Å². The van der Waals surface area contributed by atoms with Gasteiger partial charge in [-0.2, -0.15) is 0 Å². The van der Waals surface area contributed by atoms with Crippen LogP contribution in [0.15, 0.2) is 71.6 Å². The van der Waals surface area contributed by atoms with E-state index in [4.69, 9.17) is 9.47 Å². The molecule has 0 fully saturated rings. The van der Waals surface area contributed by atoms with Gasteiger partial charge in [-0.3, -0.25) is 9.10 Å². The zero-order chi connectivity index (χ0) is 27.1. The summed E-state index contributed by atoms with van der Waals surface area (Å²) in [6.45, 7) is 7.85. The van der Waals surface area contributed by atoms with Gasteiger partial charge in [0.2, 0.25) is 0 Å². The lowest BCUT2D eigenvalue weighted by atomic mass is 9.83. The number of ether oxygens (including phenoxy) is 2. The van der Waals surface area contributed by atoms with E-state index in [1.54, 1.807) is 36.4 Å². The lowest BCUT2D eigenvalue weighted by Gasteiger charge is -2.42. The standard InChI is InChI=1S/C30H34N2O5S/c1-5-30(6-2)18-24(23-9-7-8-10-26(23)37-30)31-29(33)28-19-32(25-17-21(4)13-16-27(25)36-28)38(34,35)22-14-11-20(3)12-15-22/h7-17,24,28H,5-6,18-19H2,1-4H3,(H,31,33)/t24-,28+/m0/s1. The third kappa shape index (κ3) is 4.73. The predicted molar refractivity (Wildman–Crippen MR) is 147 cm³/mol. The van der Waals surface area contributed by atoms with E-state index in [1.807, 2.05) is 44.2 Å². The number of fused-ring (bicyclic) bond motifs is 2. The monoisotopic (exact) mass is 534 g/mol. The number of carbonyl (C=O) groups excluding carboxylic acids is 1. The SMILES string of the molecule is CCC1(CC)C[C@H](NC(=O)[C@H]2CN(S(=O)(=O)c3ccc(C)cc3)c3cc(C)ccc3O2)c2ccccc2O1. The lowest BCUT2D eigenvalue weighted by molar-refractivity contribution is -0.129. The maximum absolute atomic E-state index is 13.8. The minimum absolute atomic E-state index is 0.129. The molecule has 0 aromatic heterocycles. The molecule has 3 aromatic rings. The quantitative estimate of drug-likeness (QED) is 0.454. The number of amides is 1. The van der Waals surface area contributed by atoms with Crippen LogP contribution in [0, 0.1) is 13.8 Å². The number of nitrogens with one attached hydrogen (secondary N) is 1. The van der Waals surface area contributed by atoms with Gasteiger partial charge in [-0.05, 0) is 62.6 Å². The van der Waals surface area contributed by atoms with Crippen LogP contribution in [0.5, 0.6) is 11.5 Å². The maximum atomic E-state index is 13.8. The summed E-state index contributed by atoms with van der Waals surface area (Å²) >= 11 is 0.